The van der Waals surface area contributed by atoms with Crippen molar-refractivity contribution in [3.63, 3.8) is 0 Å². The van der Waals surface area contributed by atoms with Gasteiger partial charge in [0.15, 0.2) is 0 Å². The fraction of sp³-hybridized carbons (Fsp3) is 0.562. The molecule has 110 valence electrons. The van der Waals surface area contributed by atoms with Crippen molar-refractivity contribution in [2.75, 3.05) is 6.61 Å². The molecule has 0 unspecified atom stereocenters. The van der Waals surface area contributed by atoms with Gasteiger partial charge in [-0.1, -0.05) is 22.9 Å². The predicted molar refractivity (Wildman–Crippen MR) is 83.8 cm³/mol. The Hall–Kier alpha value is -0.870. The number of benzene rings is 1. The Morgan fingerprint density at radius 3 is 2.60 bits per heavy atom. The maximum atomic E-state index is 12.4. The normalized spacial score (nSPS) is 26.3. The van der Waals surface area contributed by atoms with E-state index in [2.05, 4.69) is 28.2 Å². The van der Waals surface area contributed by atoms with E-state index >= 15 is 0 Å². The second-order valence-corrected chi connectivity index (χ2v) is 7.01. The van der Waals surface area contributed by atoms with Gasteiger partial charge in [-0.25, -0.2) is 0 Å². The molecular weight excluding hydrogens is 318 g/mol. The molecular formula is C16H22BrNO2. The van der Waals surface area contributed by atoms with Crippen LogP contribution in [0.1, 0.15) is 48.5 Å². The van der Waals surface area contributed by atoms with Crippen molar-refractivity contribution >= 4 is 21.8 Å². The second kappa shape index (κ2) is 6.27. The maximum Gasteiger partial charge on any atom is 0.251 e. The van der Waals surface area contributed by atoms with Crippen molar-refractivity contribution in [1.82, 2.24) is 5.32 Å². The molecule has 0 atom stereocenters. The molecule has 1 amide bonds. The molecule has 0 heterocycles. The molecule has 0 radical (unpaired) electrons. The van der Waals surface area contributed by atoms with E-state index in [-0.39, 0.29) is 12.5 Å². The Kier molecular flexibility index (Phi) is 4.86. The number of aliphatic hydroxyl groups is 1. The summed E-state index contributed by atoms with van der Waals surface area (Å²) in [4.78, 5) is 12.4. The molecule has 1 fully saturated rings. The fourth-order valence-corrected chi connectivity index (χ4v) is 3.43. The molecule has 20 heavy (non-hydrogen) atoms. The smallest absolute Gasteiger partial charge is 0.251 e. The number of amides is 1. The molecule has 0 saturated heterocycles. The number of rotatable bonds is 3. The van der Waals surface area contributed by atoms with Crippen LogP contribution < -0.4 is 5.32 Å². The Morgan fingerprint density at radius 2 is 2.05 bits per heavy atom. The lowest BCUT2D eigenvalue weighted by molar-refractivity contribution is 0.0717. The Balaban J connectivity index is 2.13. The number of nitrogens with one attached hydrogen (secondary N) is 1. The van der Waals surface area contributed by atoms with Crippen molar-refractivity contribution < 1.29 is 9.90 Å². The average molecular weight is 340 g/mol. The molecule has 1 saturated carbocycles. The molecule has 3 nitrogen and oxygen atoms in total. The SMILES string of the molecule is Cc1cc(Br)cc(C(=O)NC2(CO)CCC(C)CC2)c1. The van der Waals surface area contributed by atoms with Crippen molar-refractivity contribution in [2.45, 2.75) is 45.1 Å². The third-order valence-corrected chi connectivity index (χ3v) is 4.67. The van der Waals surface area contributed by atoms with Crippen LogP contribution in [-0.4, -0.2) is 23.2 Å². The number of hydrogen-bond acceptors (Lipinski definition) is 2. The molecule has 1 aromatic rings. The highest BCUT2D eigenvalue weighted by Crippen LogP contribution is 2.32. The molecule has 1 aliphatic carbocycles. The van der Waals surface area contributed by atoms with E-state index in [4.69, 9.17) is 0 Å². The summed E-state index contributed by atoms with van der Waals surface area (Å²) in [7, 11) is 0. The van der Waals surface area contributed by atoms with Crippen LogP contribution >= 0.6 is 15.9 Å². The van der Waals surface area contributed by atoms with E-state index < -0.39 is 5.54 Å². The minimum Gasteiger partial charge on any atom is -0.394 e. The lowest BCUT2D eigenvalue weighted by atomic mass is 9.77. The zero-order valence-corrected chi connectivity index (χ0v) is 13.7. The number of carbonyl (C=O) groups is 1. The van der Waals surface area contributed by atoms with Crippen molar-refractivity contribution in [1.29, 1.82) is 0 Å². The van der Waals surface area contributed by atoms with E-state index in [1.165, 1.54) is 0 Å². The first-order valence-electron chi connectivity index (χ1n) is 7.15. The summed E-state index contributed by atoms with van der Waals surface area (Å²) in [6.07, 6.45) is 3.81. The van der Waals surface area contributed by atoms with E-state index in [0.717, 1.165) is 35.7 Å². The minimum atomic E-state index is -0.445. The Bertz CT molecular complexity index is 473. The van der Waals surface area contributed by atoms with Gasteiger partial charge in [-0.2, -0.15) is 0 Å². The highest BCUT2D eigenvalue weighted by molar-refractivity contribution is 9.10. The van der Waals surface area contributed by atoms with Gasteiger partial charge in [0, 0.05) is 10.0 Å². The van der Waals surface area contributed by atoms with E-state index in [1.54, 1.807) is 0 Å². The van der Waals surface area contributed by atoms with Gasteiger partial charge in [0.05, 0.1) is 12.1 Å². The summed E-state index contributed by atoms with van der Waals surface area (Å²) in [5.74, 6) is 0.581. The standard InChI is InChI=1S/C16H22BrNO2/c1-11-3-5-16(10-19,6-4-11)18-15(20)13-7-12(2)8-14(17)9-13/h7-9,11,19H,3-6,10H2,1-2H3,(H,18,20). The van der Waals surface area contributed by atoms with Gasteiger partial charge in [0.1, 0.15) is 0 Å². The highest BCUT2D eigenvalue weighted by Gasteiger charge is 2.35. The lowest BCUT2D eigenvalue weighted by Gasteiger charge is -2.38. The molecule has 0 aliphatic heterocycles. The fourth-order valence-electron chi connectivity index (χ4n) is 2.82. The molecule has 0 bridgehead atoms. The quantitative estimate of drug-likeness (QED) is 0.886. The second-order valence-electron chi connectivity index (χ2n) is 6.09. The molecule has 1 aliphatic rings. The van der Waals surface area contributed by atoms with E-state index in [9.17, 15) is 9.90 Å². The monoisotopic (exact) mass is 339 g/mol. The van der Waals surface area contributed by atoms with Gasteiger partial charge >= 0.3 is 0 Å². The Labute approximate surface area is 128 Å². The van der Waals surface area contributed by atoms with Gasteiger partial charge in [-0.15, -0.1) is 0 Å². The first kappa shape index (κ1) is 15.5. The summed E-state index contributed by atoms with van der Waals surface area (Å²) < 4.78 is 0.901. The van der Waals surface area contributed by atoms with Crippen LogP contribution in [0.3, 0.4) is 0 Å². The van der Waals surface area contributed by atoms with E-state index in [1.807, 2.05) is 25.1 Å². The average Bonchev–Trinajstić information content (AvgIpc) is 2.40. The zero-order valence-electron chi connectivity index (χ0n) is 12.1. The molecule has 0 spiro atoms. The van der Waals surface area contributed by atoms with Crippen LogP contribution in [0.25, 0.3) is 0 Å². The van der Waals surface area contributed by atoms with Crippen molar-refractivity contribution in [3.05, 3.63) is 33.8 Å². The third-order valence-electron chi connectivity index (χ3n) is 4.22. The number of aliphatic hydroxyl groups excluding tert-OH is 1. The summed E-state index contributed by atoms with van der Waals surface area (Å²) in [5, 5.41) is 12.8. The summed E-state index contributed by atoms with van der Waals surface area (Å²) in [5.41, 5.74) is 1.24. The third kappa shape index (κ3) is 3.61. The topological polar surface area (TPSA) is 49.3 Å². The van der Waals surface area contributed by atoms with Crippen LogP contribution in [0.2, 0.25) is 0 Å². The van der Waals surface area contributed by atoms with Crippen molar-refractivity contribution in [2.24, 2.45) is 5.92 Å². The van der Waals surface area contributed by atoms with Crippen molar-refractivity contribution in [3.8, 4) is 0 Å². The first-order valence-corrected chi connectivity index (χ1v) is 7.94. The summed E-state index contributed by atoms with van der Waals surface area (Å²) in [6.45, 7) is 4.20. The maximum absolute atomic E-state index is 12.4. The molecule has 1 aromatic carbocycles. The largest absolute Gasteiger partial charge is 0.394 e. The van der Waals surface area contributed by atoms with Crippen LogP contribution in [0, 0.1) is 12.8 Å². The highest BCUT2D eigenvalue weighted by atomic mass is 79.9. The van der Waals surface area contributed by atoms with Gasteiger partial charge < -0.3 is 10.4 Å². The van der Waals surface area contributed by atoms with Crippen LogP contribution in [-0.2, 0) is 0 Å². The zero-order chi connectivity index (χ0) is 14.8. The Morgan fingerprint density at radius 1 is 1.40 bits per heavy atom. The predicted octanol–water partition coefficient (Wildman–Crippen LogP) is 3.43. The van der Waals surface area contributed by atoms with Gasteiger partial charge in [-0.05, 0) is 62.3 Å². The van der Waals surface area contributed by atoms with Crippen LogP contribution in [0.4, 0.5) is 0 Å². The molecule has 4 heteroatoms. The number of aryl methyl sites for hydroxylation is 1. The van der Waals surface area contributed by atoms with Crippen LogP contribution in [0.5, 0.6) is 0 Å². The van der Waals surface area contributed by atoms with Gasteiger partial charge in [-0.3, -0.25) is 4.79 Å². The van der Waals surface area contributed by atoms with Gasteiger partial charge in [0.25, 0.3) is 5.91 Å². The lowest BCUT2D eigenvalue weighted by Crippen LogP contribution is -2.53. The van der Waals surface area contributed by atoms with Gasteiger partial charge in [0.2, 0.25) is 0 Å². The molecule has 2 N–H and O–H groups in total. The number of halogens is 1. The summed E-state index contributed by atoms with van der Waals surface area (Å²) >= 11 is 3.42. The molecule has 2 rings (SSSR count). The first-order chi connectivity index (χ1) is 9.44. The number of hydrogen-bond donors (Lipinski definition) is 2. The minimum absolute atomic E-state index is 0.0123. The summed E-state index contributed by atoms with van der Waals surface area (Å²) in [6, 6.07) is 5.66. The number of carbonyl (C=O) groups excluding carboxylic acids is 1. The van der Waals surface area contributed by atoms with Crippen LogP contribution in [0.15, 0.2) is 22.7 Å². The molecule has 0 aromatic heterocycles. The van der Waals surface area contributed by atoms with E-state index in [0.29, 0.717) is 11.5 Å².